The zero-order valence-electron chi connectivity index (χ0n) is 6.69. The van der Waals surface area contributed by atoms with E-state index >= 15 is 0 Å². The molecule has 1 aliphatic heterocycles. The van der Waals surface area contributed by atoms with Crippen molar-refractivity contribution in [1.82, 2.24) is 0 Å². The molecule has 1 saturated heterocycles. The van der Waals surface area contributed by atoms with Crippen LogP contribution in [0.15, 0.2) is 0 Å². The van der Waals surface area contributed by atoms with Crippen molar-refractivity contribution < 1.29 is 4.74 Å². The van der Waals surface area contributed by atoms with E-state index in [4.69, 9.17) is 4.74 Å². The van der Waals surface area contributed by atoms with Gasteiger partial charge >= 0.3 is 0 Å². The summed E-state index contributed by atoms with van der Waals surface area (Å²) in [5.74, 6) is 0. The van der Waals surface area contributed by atoms with Crippen LogP contribution in [-0.2, 0) is 4.74 Å². The highest BCUT2D eigenvalue weighted by molar-refractivity contribution is 14.1. The van der Waals surface area contributed by atoms with Crippen LogP contribution in [0.4, 0.5) is 0 Å². The summed E-state index contributed by atoms with van der Waals surface area (Å²) in [6.45, 7) is 5.54. The number of alkyl halides is 1. The minimum Gasteiger partial charge on any atom is -0.377 e. The van der Waals surface area contributed by atoms with E-state index < -0.39 is 0 Å². The van der Waals surface area contributed by atoms with Crippen LogP contribution in [0.2, 0.25) is 0 Å². The van der Waals surface area contributed by atoms with E-state index in [0.29, 0.717) is 11.5 Å². The fourth-order valence-electron chi connectivity index (χ4n) is 1.33. The lowest BCUT2D eigenvalue weighted by atomic mass is 9.85. The molecule has 2 heteroatoms. The van der Waals surface area contributed by atoms with Crippen molar-refractivity contribution in [2.24, 2.45) is 5.41 Å². The molecule has 0 radical (unpaired) electrons. The van der Waals surface area contributed by atoms with Gasteiger partial charge in [0.2, 0.25) is 0 Å². The van der Waals surface area contributed by atoms with Crippen LogP contribution >= 0.6 is 22.6 Å². The van der Waals surface area contributed by atoms with Gasteiger partial charge in [-0.05, 0) is 18.3 Å². The van der Waals surface area contributed by atoms with Gasteiger partial charge in [0.25, 0.3) is 0 Å². The van der Waals surface area contributed by atoms with Crippen LogP contribution in [0, 0.1) is 5.41 Å². The third kappa shape index (κ3) is 1.84. The minimum atomic E-state index is 0.482. The lowest BCUT2D eigenvalue weighted by Gasteiger charge is -2.18. The first-order valence-corrected chi connectivity index (χ1v) is 5.40. The fraction of sp³-hybridized carbons (Fsp3) is 1.00. The van der Waals surface area contributed by atoms with Crippen LogP contribution in [0.25, 0.3) is 0 Å². The Labute approximate surface area is 76.7 Å². The van der Waals surface area contributed by atoms with Gasteiger partial charge in [0.1, 0.15) is 0 Å². The van der Waals surface area contributed by atoms with Gasteiger partial charge in [-0.3, -0.25) is 0 Å². The summed E-state index contributed by atoms with van der Waals surface area (Å²) in [6.07, 6.45) is 3.04. The second-order valence-electron chi connectivity index (χ2n) is 3.46. The largest absolute Gasteiger partial charge is 0.377 e. The molecule has 1 rings (SSSR count). The maximum atomic E-state index is 5.60. The Morgan fingerprint density at radius 3 is 2.70 bits per heavy atom. The molecule has 60 valence electrons. The van der Waals surface area contributed by atoms with Crippen molar-refractivity contribution >= 4 is 22.6 Å². The van der Waals surface area contributed by atoms with Gasteiger partial charge in [-0.25, -0.2) is 0 Å². The third-order valence-electron chi connectivity index (χ3n) is 2.41. The van der Waals surface area contributed by atoms with E-state index in [0.717, 1.165) is 11.0 Å². The summed E-state index contributed by atoms with van der Waals surface area (Å²) in [7, 11) is 0. The molecule has 0 unspecified atom stereocenters. The lowest BCUT2D eigenvalue weighted by Crippen LogP contribution is -2.14. The zero-order chi connectivity index (χ0) is 7.61. The monoisotopic (exact) mass is 254 g/mol. The highest BCUT2D eigenvalue weighted by Gasteiger charge is 2.33. The lowest BCUT2D eigenvalue weighted by molar-refractivity contribution is 0.112. The van der Waals surface area contributed by atoms with Crippen molar-refractivity contribution in [3.05, 3.63) is 0 Å². The van der Waals surface area contributed by atoms with E-state index in [-0.39, 0.29) is 0 Å². The predicted octanol–water partition coefficient (Wildman–Crippen LogP) is 2.63. The molecule has 0 aliphatic carbocycles. The molecule has 0 amide bonds. The molecule has 1 heterocycles. The Balaban J connectivity index is 2.41. The van der Waals surface area contributed by atoms with E-state index in [1.54, 1.807) is 0 Å². The molecular formula is C8H15IO. The van der Waals surface area contributed by atoms with Gasteiger partial charge in [0.05, 0.1) is 12.7 Å². The Hall–Kier alpha value is 0.690. The maximum Gasteiger partial charge on any atom is 0.0670 e. The van der Waals surface area contributed by atoms with Crippen molar-refractivity contribution in [1.29, 1.82) is 0 Å². The number of halogens is 1. The molecule has 1 aliphatic rings. The van der Waals surface area contributed by atoms with E-state index in [1.807, 2.05) is 0 Å². The summed E-state index contributed by atoms with van der Waals surface area (Å²) >= 11 is 2.40. The number of ether oxygens (including phenoxy) is 1. The SMILES string of the molecule is CC[C@]1(C)CO[C@H](CI)C1. The fourth-order valence-corrected chi connectivity index (χ4v) is 1.90. The van der Waals surface area contributed by atoms with Crippen molar-refractivity contribution in [2.45, 2.75) is 32.8 Å². The Morgan fingerprint density at radius 2 is 2.40 bits per heavy atom. The summed E-state index contributed by atoms with van der Waals surface area (Å²) in [4.78, 5) is 0. The van der Waals surface area contributed by atoms with E-state index in [1.165, 1.54) is 12.8 Å². The Kier molecular flexibility index (Phi) is 2.98. The van der Waals surface area contributed by atoms with Crippen molar-refractivity contribution in [3.63, 3.8) is 0 Å². The normalized spacial score (nSPS) is 40.5. The van der Waals surface area contributed by atoms with Crippen LogP contribution in [0.1, 0.15) is 26.7 Å². The smallest absolute Gasteiger partial charge is 0.0670 e. The highest BCUT2D eigenvalue weighted by Crippen LogP contribution is 2.35. The first-order chi connectivity index (χ1) is 4.70. The molecule has 0 saturated carbocycles. The summed E-state index contributed by atoms with van der Waals surface area (Å²) in [5, 5.41) is 0. The van der Waals surface area contributed by atoms with E-state index in [9.17, 15) is 0 Å². The highest BCUT2D eigenvalue weighted by atomic mass is 127. The number of hydrogen-bond acceptors (Lipinski definition) is 1. The average Bonchev–Trinajstić information content (AvgIpc) is 2.33. The van der Waals surface area contributed by atoms with Crippen LogP contribution in [0.3, 0.4) is 0 Å². The quantitative estimate of drug-likeness (QED) is 0.543. The second-order valence-corrected chi connectivity index (χ2v) is 4.34. The summed E-state index contributed by atoms with van der Waals surface area (Å²) in [5.41, 5.74) is 0.482. The number of hydrogen-bond donors (Lipinski definition) is 0. The van der Waals surface area contributed by atoms with Gasteiger partial charge in [0, 0.05) is 4.43 Å². The maximum absolute atomic E-state index is 5.60. The standard InChI is InChI=1S/C8H15IO/c1-3-8(2)4-7(5-9)10-6-8/h7H,3-6H2,1-2H3/t7-,8-/m0/s1. The number of rotatable bonds is 2. The summed E-state index contributed by atoms with van der Waals surface area (Å²) in [6, 6.07) is 0. The molecule has 0 bridgehead atoms. The molecule has 0 aromatic rings. The summed E-state index contributed by atoms with van der Waals surface area (Å²) < 4.78 is 6.75. The zero-order valence-corrected chi connectivity index (χ0v) is 8.85. The van der Waals surface area contributed by atoms with Crippen LogP contribution in [0.5, 0.6) is 0 Å². The van der Waals surface area contributed by atoms with Gasteiger partial charge in [-0.15, -0.1) is 0 Å². The first-order valence-electron chi connectivity index (χ1n) is 3.88. The minimum absolute atomic E-state index is 0.482. The molecule has 10 heavy (non-hydrogen) atoms. The molecule has 0 N–H and O–H groups in total. The predicted molar refractivity (Wildman–Crippen MR) is 51.6 cm³/mol. The Bertz CT molecular complexity index is 116. The Morgan fingerprint density at radius 1 is 1.70 bits per heavy atom. The van der Waals surface area contributed by atoms with Gasteiger partial charge < -0.3 is 4.74 Å². The van der Waals surface area contributed by atoms with E-state index in [2.05, 4.69) is 36.4 Å². The van der Waals surface area contributed by atoms with Gasteiger partial charge in [-0.2, -0.15) is 0 Å². The molecule has 0 spiro atoms. The molecule has 0 aromatic heterocycles. The van der Waals surface area contributed by atoms with Crippen molar-refractivity contribution in [3.8, 4) is 0 Å². The molecule has 1 fully saturated rings. The first kappa shape index (κ1) is 8.78. The molecule has 0 aromatic carbocycles. The topological polar surface area (TPSA) is 9.23 Å². The van der Waals surface area contributed by atoms with Crippen molar-refractivity contribution in [2.75, 3.05) is 11.0 Å². The van der Waals surface area contributed by atoms with Crippen LogP contribution < -0.4 is 0 Å². The second kappa shape index (κ2) is 3.39. The van der Waals surface area contributed by atoms with Crippen LogP contribution in [-0.4, -0.2) is 17.1 Å². The molecular weight excluding hydrogens is 239 g/mol. The van der Waals surface area contributed by atoms with Gasteiger partial charge in [0.15, 0.2) is 0 Å². The average molecular weight is 254 g/mol. The third-order valence-corrected chi connectivity index (χ3v) is 3.40. The van der Waals surface area contributed by atoms with Gasteiger partial charge in [-0.1, -0.05) is 36.4 Å². The molecule has 1 nitrogen and oxygen atoms in total. The molecule has 2 atom stereocenters.